The molecule has 0 bridgehead atoms. The summed E-state index contributed by atoms with van der Waals surface area (Å²) < 4.78 is 13.1. The minimum absolute atomic E-state index is 0.208. The Balaban J connectivity index is 1.94. The number of fused-ring (bicyclic) bond motifs is 1. The molecule has 2 aromatic rings. The second-order valence-electron chi connectivity index (χ2n) is 5.08. The number of hydrogen-bond acceptors (Lipinski definition) is 4. The van der Waals surface area contributed by atoms with Gasteiger partial charge in [0.05, 0.1) is 24.9 Å². The Morgan fingerprint density at radius 2 is 2.00 bits per heavy atom. The van der Waals surface area contributed by atoms with E-state index in [-0.39, 0.29) is 6.04 Å². The summed E-state index contributed by atoms with van der Waals surface area (Å²) in [6.07, 6.45) is 2.86. The first-order valence-corrected chi connectivity index (χ1v) is 6.80. The Morgan fingerprint density at radius 1 is 1.25 bits per heavy atom. The van der Waals surface area contributed by atoms with Gasteiger partial charge in [0.25, 0.3) is 0 Å². The molecule has 1 aromatic heterocycles. The maximum atomic E-state index is 6.35. The Morgan fingerprint density at radius 3 is 2.70 bits per heavy atom. The van der Waals surface area contributed by atoms with Crippen LogP contribution < -0.4 is 15.2 Å². The van der Waals surface area contributed by atoms with Gasteiger partial charge in [0.2, 0.25) is 0 Å². The molecule has 0 radical (unpaired) electrons. The van der Waals surface area contributed by atoms with Gasteiger partial charge in [0, 0.05) is 25.2 Å². The first-order chi connectivity index (χ1) is 9.65. The molecular formula is C15H19N3O2. The molecule has 106 valence electrons. The van der Waals surface area contributed by atoms with E-state index in [4.69, 9.17) is 15.2 Å². The molecule has 1 aliphatic rings. The van der Waals surface area contributed by atoms with E-state index in [1.54, 1.807) is 4.68 Å². The van der Waals surface area contributed by atoms with Crippen LogP contribution in [0.15, 0.2) is 24.4 Å². The van der Waals surface area contributed by atoms with Gasteiger partial charge in [-0.3, -0.25) is 4.68 Å². The molecule has 20 heavy (non-hydrogen) atoms. The highest BCUT2D eigenvalue weighted by Gasteiger charge is 2.17. The highest BCUT2D eigenvalue weighted by molar-refractivity contribution is 5.46. The topological polar surface area (TPSA) is 62.3 Å². The smallest absolute Gasteiger partial charge is 0.161 e. The van der Waals surface area contributed by atoms with Crippen molar-refractivity contribution in [3.8, 4) is 11.5 Å². The lowest BCUT2D eigenvalue weighted by Gasteiger charge is -2.14. The molecule has 2 heterocycles. The van der Waals surface area contributed by atoms with E-state index in [9.17, 15) is 0 Å². The summed E-state index contributed by atoms with van der Waals surface area (Å²) in [5, 5.41) is 4.34. The Labute approximate surface area is 118 Å². The quantitative estimate of drug-likeness (QED) is 0.908. The van der Waals surface area contributed by atoms with E-state index in [1.807, 2.05) is 38.4 Å². The molecule has 1 aliphatic heterocycles. The number of benzene rings is 1. The van der Waals surface area contributed by atoms with Crippen molar-refractivity contribution in [2.45, 2.75) is 19.4 Å². The lowest BCUT2D eigenvalue weighted by atomic mass is 10.00. The molecule has 0 aliphatic carbocycles. The molecule has 1 atom stereocenters. The van der Waals surface area contributed by atoms with E-state index in [0.29, 0.717) is 13.2 Å². The van der Waals surface area contributed by atoms with E-state index < -0.39 is 0 Å². The molecule has 0 amide bonds. The van der Waals surface area contributed by atoms with Gasteiger partial charge in [0.15, 0.2) is 11.5 Å². The lowest BCUT2D eigenvalue weighted by molar-refractivity contribution is 0.297. The van der Waals surface area contributed by atoms with Crippen molar-refractivity contribution in [2.24, 2.45) is 12.8 Å². The largest absolute Gasteiger partial charge is 0.490 e. The van der Waals surface area contributed by atoms with Gasteiger partial charge < -0.3 is 15.2 Å². The summed E-state index contributed by atoms with van der Waals surface area (Å²) in [7, 11) is 1.90. The predicted octanol–water partition coefficient (Wildman–Crippen LogP) is 1.94. The molecule has 0 saturated carbocycles. The Hall–Kier alpha value is -2.01. The molecular weight excluding hydrogens is 254 g/mol. The molecule has 0 fully saturated rings. The van der Waals surface area contributed by atoms with Crippen LogP contribution in [-0.2, 0) is 7.05 Å². The molecule has 3 rings (SSSR count). The molecule has 1 unspecified atom stereocenters. The third-order valence-electron chi connectivity index (χ3n) is 3.52. The van der Waals surface area contributed by atoms with Crippen LogP contribution in [0.2, 0.25) is 0 Å². The van der Waals surface area contributed by atoms with Crippen molar-refractivity contribution in [1.29, 1.82) is 0 Å². The number of nitrogens with zero attached hydrogens (tertiary/aromatic N) is 2. The Bertz CT molecular complexity index is 622. The van der Waals surface area contributed by atoms with Crippen LogP contribution in [0.1, 0.15) is 29.3 Å². The van der Waals surface area contributed by atoms with Gasteiger partial charge in [-0.1, -0.05) is 6.07 Å². The van der Waals surface area contributed by atoms with Gasteiger partial charge in [-0.05, 0) is 24.6 Å². The number of rotatable bonds is 2. The van der Waals surface area contributed by atoms with Crippen LogP contribution in [0.3, 0.4) is 0 Å². The van der Waals surface area contributed by atoms with Crippen LogP contribution in [0.25, 0.3) is 0 Å². The molecule has 5 heteroatoms. The third kappa shape index (κ3) is 2.36. The second kappa shape index (κ2) is 5.17. The van der Waals surface area contributed by atoms with Crippen molar-refractivity contribution >= 4 is 0 Å². The zero-order valence-electron chi connectivity index (χ0n) is 11.8. The molecule has 0 saturated heterocycles. The maximum absolute atomic E-state index is 6.35. The SMILES string of the molecule is Cc1nn(C)cc1C(N)c1ccc2c(c1)OCCCO2. The zero-order chi connectivity index (χ0) is 14.1. The van der Waals surface area contributed by atoms with Crippen LogP contribution in [0, 0.1) is 6.92 Å². The fourth-order valence-corrected chi connectivity index (χ4v) is 2.48. The maximum Gasteiger partial charge on any atom is 0.161 e. The Kier molecular flexibility index (Phi) is 3.36. The van der Waals surface area contributed by atoms with E-state index >= 15 is 0 Å². The first kappa shape index (κ1) is 13.0. The summed E-state index contributed by atoms with van der Waals surface area (Å²) in [5.41, 5.74) is 9.34. The summed E-state index contributed by atoms with van der Waals surface area (Å²) in [6.45, 7) is 3.34. The van der Waals surface area contributed by atoms with Crippen molar-refractivity contribution in [3.05, 3.63) is 41.2 Å². The van der Waals surface area contributed by atoms with Crippen molar-refractivity contribution in [2.75, 3.05) is 13.2 Å². The number of aromatic nitrogens is 2. The summed E-state index contributed by atoms with van der Waals surface area (Å²) in [6, 6.07) is 5.69. The highest BCUT2D eigenvalue weighted by atomic mass is 16.5. The minimum atomic E-state index is -0.208. The zero-order valence-corrected chi connectivity index (χ0v) is 11.8. The van der Waals surface area contributed by atoms with Crippen LogP contribution >= 0.6 is 0 Å². The molecule has 1 aromatic carbocycles. The van der Waals surface area contributed by atoms with Gasteiger partial charge in [-0.15, -0.1) is 0 Å². The minimum Gasteiger partial charge on any atom is -0.490 e. The first-order valence-electron chi connectivity index (χ1n) is 6.80. The average molecular weight is 273 g/mol. The summed E-state index contributed by atoms with van der Waals surface area (Å²) >= 11 is 0. The van der Waals surface area contributed by atoms with Crippen molar-refractivity contribution in [1.82, 2.24) is 9.78 Å². The van der Waals surface area contributed by atoms with Crippen LogP contribution in [0.5, 0.6) is 11.5 Å². The average Bonchev–Trinajstić information content (AvgIpc) is 2.65. The molecule has 0 spiro atoms. The van der Waals surface area contributed by atoms with E-state index in [0.717, 1.165) is 34.7 Å². The number of nitrogens with two attached hydrogens (primary N) is 1. The van der Waals surface area contributed by atoms with Gasteiger partial charge in [-0.2, -0.15) is 5.10 Å². The number of ether oxygens (including phenoxy) is 2. The molecule has 2 N–H and O–H groups in total. The van der Waals surface area contributed by atoms with E-state index in [1.165, 1.54) is 0 Å². The number of aryl methyl sites for hydroxylation is 2. The van der Waals surface area contributed by atoms with Gasteiger partial charge in [0.1, 0.15) is 0 Å². The van der Waals surface area contributed by atoms with E-state index in [2.05, 4.69) is 5.10 Å². The normalized spacial score (nSPS) is 15.8. The third-order valence-corrected chi connectivity index (χ3v) is 3.52. The number of hydrogen-bond donors (Lipinski definition) is 1. The second-order valence-corrected chi connectivity index (χ2v) is 5.08. The summed E-state index contributed by atoms with van der Waals surface area (Å²) in [5.74, 6) is 1.57. The monoisotopic (exact) mass is 273 g/mol. The summed E-state index contributed by atoms with van der Waals surface area (Å²) in [4.78, 5) is 0. The molecule has 5 nitrogen and oxygen atoms in total. The lowest BCUT2D eigenvalue weighted by Crippen LogP contribution is -2.12. The fourth-order valence-electron chi connectivity index (χ4n) is 2.48. The van der Waals surface area contributed by atoms with Crippen molar-refractivity contribution in [3.63, 3.8) is 0 Å². The van der Waals surface area contributed by atoms with Gasteiger partial charge in [-0.25, -0.2) is 0 Å². The fraction of sp³-hybridized carbons (Fsp3) is 0.400. The van der Waals surface area contributed by atoms with Gasteiger partial charge >= 0.3 is 0 Å². The van der Waals surface area contributed by atoms with Crippen LogP contribution in [-0.4, -0.2) is 23.0 Å². The van der Waals surface area contributed by atoms with Crippen molar-refractivity contribution < 1.29 is 9.47 Å². The highest BCUT2D eigenvalue weighted by Crippen LogP contribution is 2.33. The predicted molar refractivity (Wildman–Crippen MR) is 76.0 cm³/mol. The van der Waals surface area contributed by atoms with Crippen LogP contribution in [0.4, 0.5) is 0 Å². The standard InChI is InChI=1S/C15H19N3O2/c1-10-12(9-18(2)17-10)15(16)11-4-5-13-14(8-11)20-7-3-6-19-13/h4-5,8-9,15H,3,6-7,16H2,1-2H3.